The fourth-order valence-electron chi connectivity index (χ4n) is 1.91. The monoisotopic (exact) mass is 350 g/mol. The van der Waals surface area contributed by atoms with Gasteiger partial charge in [0.1, 0.15) is 6.42 Å². The quantitative estimate of drug-likeness (QED) is 0.785. The summed E-state index contributed by atoms with van der Waals surface area (Å²) in [6.45, 7) is 0.650. The van der Waals surface area contributed by atoms with Crippen LogP contribution < -0.4 is 10.6 Å². The lowest BCUT2D eigenvalue weighted by Gasteiger charge is -2.08. The van der Waals surface area contributed by atoms with Crippen molar-refractivity contribution in [1.82, 2.24) is 10.6 Å². The maximum atomic E-state index is 11.8. The third-order valence-electron chi connectivity index (χ3n) is 3.16. The van der Waals surface area contributed by atoms with E-state index in [2.05, 4.69) is 10.6 Å². The highest BCUT2D eigenvalue weighted by atomic mass is 35.5. The molecular weight excluding hydrogens is 335 g/mol. The standard InChI is InChI=1S/C17H16Cl2N2O2/c18-14-7-5-12(6-8-14)10-20-16(22)9-17(23)21-11-13-3-1-2-4-15(13)19/h1-8H,9-11H2,(H,20,22)(H,21,23). The summed E-state index contributed by atoms with van der Waals surface area (Å²) in [4.78, 5) is 23.5. The molecular formula is C17H16Cl2N2O2. The number of rotatable bonds is 6. The first-order valence-corrected chi connectivity index (χ1v) is 7.81. The van der Waals surface area contributed by atoms with E-state index in [-0.39, 0.29) is 18.2 Å². The molecule has 0 bridgehead atoms. The Morgan fingerprint density at radius 2 is 1.43 bits per heavy atom. The van der Waals surface area contributed by atoms with Crippen LogP contribution in [0.2, 0.25) is 10.0 Å². The lowest BCUT2D eigenvalue weighted by molar-refractivity contribution is -0.129. The number of nitrogens with one attached hydrogen (secondary N) is 2. The van der Waals surface area contributed by atoms with Gasteiger partial charge in [-0.15, -0.1) is 0 Å². The van der Waals surface area contributed by atoms with Gasteiger partial charge in [0.2, 0.25) is 11.8 Å². The van der Waals surface area contributed by atoms with E-state index in [1.165, 1.54) is 0 Å². The van der Waals surface area contributed by atoms with Crippen LogP contribution in [0.1, 0.15) is 17.5 Å². The van der Waals surface area contributed by atoms with Crippen LogP contribution in [0.4, 0.5) is 0 Å². The van der Waals surface area contributed by atoms with Crippen LogP contribution in [-0.4, -0.2) is 11.8 Å². The van der Waals surface area contributed by atoms with Crippen LogP contribution in [0.15, 0.2) is 48.5 Å². The zero-order valence-corrected chi connectivity index (χ0v) is 13.8. The number of carbonyl (C=O) groups is 2. The average Bonchev–Trinajstić information content (AvgIpc) is 2.53. The summed E-state index contributed by atoms with van der Waals surface area (Å²) in [5, 5.41) is 6.59. The molecule has 0 unspecified atom stereocenters. The molecule has 2 N–H and O–H groups in total. The second-order valence-electron chi connectivity index (χ2n) is 4.95. The minimum absolute atomic E-state index is 0.224. The SMILES string of the molecule is O=C(CC(=O)NCc1ccccc1Cl)NCc1ccc(Cl)cc1. The first-order valence-electron chi connectivity index (χ1n) is 7.06. The number of carbonyl (C=O) groups excluding carboxylic acids is 2. The Bertz CT molecular complexity index is 687. The second kappa shape index (κ2) is 8.56. The highest BCUT2D eigenvalue weighted by molar-refractivity contribution is 6.31. The molecule has 2 amide bonds. The molecule has 2 aromatic carbocycles. The van der Waals surface area contributed by atoms with Crippen molar-refractivity contribution in [3.63, 3.8) is 0 Å². The van der Waals surface area contributed by atoms with Gasteiger partial charge >= 0.3 is 0 Å². The number of amides is 2. The summed E-state index contributed by atoms with van der Waals surface area (Å²) in [5.74, 6) is -0.685. The predicted molar refractivity (Wildman–Crippen MR) is 91.2 cm³/mol. The molecule has 2 aromatic rings. The molecule has 4 nitrogen and oxygen atoms in total. The fraction of sp³-hybridized carbons (Fsp3) is 0.176. The molecule has 6 heteroatoms. The summed E-state index contributed by atoms with van der Waals surface area (Å²) in [5.41, 5.74) is 1.73. The van der Waals surface area contributed by atoms with Crippen molar-refractivity contribution in [2.45, 2.75) is 19.5 Å². The van der Waals surface area contributed by atoms with E-state index in [9.17, 15) is 9.59 Å². The maximum absolute atomic E-state index is 11.8. The summed E-state index contributed by atoms with van der Waals surface area (Å²) in [6, 6.07) is 14.4. The van der Waals surface area contributed by atoms with Crippen molar-refractivity contribution >= 4 is 35.0 Å². The molecule has 0 fully saturated rings. The molecule has 0 aliphatic rings. The summed E-state index contributed by atoms with van der Waals surface area (Å²) >= 11 is 11.8. The van der Waals surface area contributed by atoms with E-state index in [0.29, 0.717) is 23.1 Å². The molecule has 0 saturated carbocycles. The third-order valence-corrected chi connectivity index (χ3v) is 3.78. The lowest BCUT2D eigenvalue weighted by atomic mass is 10.2. The van der Waals surface area contributed by atoms with E-state index >= 15 is 0 Å². The Morgan fingerprint density at radius 1 is 0.826 bits per heavy atom. The first-order chi connectivity index (χ1) is 11.0. The van der Waals surface area contributed by atoms with Crippen LogP contribution in [-0.2, 0) is 22.7 Å². The minimum atomic E-state index is -0.349. The number of hydrogen-bond donors (Lipinski definition) is 2. The third kappa shape index (κ3) is 5.93. The highest BCUT2D eigenvalue weighted by Crippen LogP contribution is 2.14. The van der Waals surface area contributed by atoms with Gasteiger partial charge in [-0.25, -0.2) is 0 Å². The molecule has 0 saturated heterocycles. The molecule has 120 valence electrons. The van der Waals surface area contributed by atoms with Crippen LogP contribution in [0.25, 0.3) is 0 Å². The molecule has 0 heterocycles. The number of benzene rings is 2. The van der Waals surface area contributed by atoms with Gasteiger partial charge in [-0.05, 0) is 29.3 Å². The van der Waals surface area contributed by atoms with E-state index in [4.69, 9.17) is 23.2 Å². The first kappa shape index (κ1) is 17.3. The molecule has 0 aliphatic carbocycles. The van der Waals surface area contributed by atoms with Crippen molar-refractivity contribution < 1.29 is 9.59 Å². The molecule has 2 rings (SSSR count). The van der Waals surface area contributed by atoms with E-state index in [1.807, 2.05) is 30.3 Å². The van der Waals surface area contributed by atoms with Gasteiger partial charge in [0.15, 0.2) is 0 Å². The highest BCUT2D eigenvalue weighted by Gasteiger charge is 2.09. The van der Waals surface area contributed by atoms with Gasteiger partial charge in [0.05, 0.1) is 0 Å². The second-order valence-corrected chi connectivity index (χ2v) is 5.79. The fourth-order valence-corrected chi connectivity index (χ4v) is 2.24. The molecule has 23 heavy (non-hydrogen) atoms. The number of halogens is 2. The largest absolute Gasteiger partial charge is 0.352 e. The number of hydrogen-bond acceptors (Lipinski definition) is 2. The molecule has 0 atom stereocenters. The Morgan fingerprint density at radius 3 is 2.09 bits per heavy atom. The normalized spacial score (nSPS) is 10.2. The summed E-state index contributed by atoms with van der Waals surface area (Å²) < 4.78 is 0. The van der Waals surface area contributed by atoms with Gasteiger partial charge in [-0.1, -0.05) is 53.5 Å². The van der Waals surface area contributed by atoms with Crippen LogP contribution in [0.3, 0.4) is 0 Å². The zero-order valence-electron chi connectivity index (χ0n) is 12.3. The lowest BCUT2D eigenvalue weighted by Crippen LogP contribution is -2.31. The van der Waals surface area contributed by atoms with Gasteiger partial charge < -0.3 is 10.6 Å². The maximum Gasteiger partial charge on any atom is 0.229 e. The van der Waals surface area contributed by atoms with Crippen molar-refractivity contribution in [3.8, 4) is 0 Å². The minimum Gasteiger partial charge on any atom is -0.352 e. The van der Waals surface area contributed by atoms with Crippen LogP contribution in [0.5, 0.6) is 0 Å². The Balaban J connectivity index is 1.73. The van der Waals surface area contributed by atoms with Crippen molar-refractivity contribution in [1.29, 1.82) is 0 Å². The van der Waals surface area contributed by atoms with E-state index in [1.54, 1.807) is 18.2 Å². The average molecular weight is 351 g/mol. The van der Waals surface area contributed by atoms with Gasteiger partial charge in [0, 0.05) is 23.1 Å². The summed E-state index contributed by atoms with van der Waals surface area (Å²) in [7, 11) is 0. The van der Waals surface area contributed by atoms with Crippen molar-refractivity contribution in [2.24, 2.45) is 0 Å². The Labute approximate surface area is 144 Å². The molecule has 0 radical (unpaired) electrons. The molecule has 0 aromatic heterocycles. The van der Waals surface area contributed by atoms with Crippen molar-refractivity contribution in [2.75, 3.05) is 0 Å². The van der Waals surface area contributed by atoms with E-state index < -0.39 is 0 Å². The predicted octanol–water partition coefficient (Wildman–Crippen LogP) is 3.32. The zero-order chi connectivity index (χ0) is 16.7. The topological polar surface area (TPSA) is 58.2 Å². The van der Waals surface area contributed by atoms with Gasteiger partial charge in [0.25, 0.3) is 0 Å². The van der Waals surface area contributed by atoms with Gasteiger partial charge in [-0.2, -0.15) is 0 Å². The Kier molecular flexibility index (Phi) is 6.44. The van der Waals surface area contributed by atoms with Crippen LogP contribution >= 0.6 is 23.2 Å². The van der Waals surface area contributed by atoms with Crippen LogP contribution in [0, 0.1) is 0 Å². The Hall–Kier alpha value is -2.04. The van der Waals surface area contributed by atoms with Crippen molar-refractivity contribution in [3.05, 3.63) is 69.7 Å². The summed E-state index contributed by atoms with van der Waals surface area (Å²) in [6.07, 6.45) is -0.224. The van der Waals surface area contributed by atoms with E-state index in [0.717, 1.165) is 11.1 Å². The van der Waals surface area contributed by atoms with Gasteiger partial charge in [-0.3, -0.25) is 9.59 Å². The smallest absolute Gasteiger partial charge is 0.229 e. The molecule has 0 spiro atoms. The molecule has 0 aliphatic heterocycles.